The second-order valence-electron chi connectivity index (χ2n) is 5.53. The van der Waals surface area contributed by atoms with Crippen molar-refractivity contribution < 1.29 is 9.53 Å². The number of carbonyl (C=O) groups is 1. The van der Waals surface area contributed by atoms with Crippen molar-refractivity contribution in [2.24, 2.45) is 0 Å². The molecule has 2 aromatic heterocycles. The van der Waals surface area contributed by atoms with Crippen LogP contribution in [0.3, 0.4) is 0 Å². The number of carbonyl (C=O) groups excluding carboxylic acids is 1. The van der Waals surface area contributed by atoms with Crippen LogP contribution in [0.5, 0.6) is 0 Å². The molecule has 3 heterocycles. The second kappa shape index (κ2) is 7.07. The van der Waals surface area contributed by atoms with Gasteiger partial charge < -0.3 is 14.6 Å². The highest BCUT2D eigenvalue weighted by molar-refractivity contribution is 7.12. The van der Waals surface area contributed by atoms with Crippen LogP contribution in [0.4, 0.5) is 0 Å². The van der Waals surface area contributed by atoms with E-state index in [9.17, 15) is 4.79 Å². The molecule has 0 unspecified atom stereocenters. The molecule has 0 bridgehead atoms. The first-order valence-electron chi connectivity index (χ1n) is 7.67. The summed E-state index contributed by atoms with van der Waals surface area (Å²) >= 11 is 1.46. The van der Waals surface area contributed by atoms with Gasteiger partial charge in [0.1, 0.15) is 5.82 Å². The number of nitrogens with one attached hydrogen (secondary N) is 1. The molecule has 2 aromatic rings. The Balaban J connectivity index is 1.60. The number of ether oxygens (including phenoxy) is 1. The summed E-state index contributed by atoms with van der Waals surface area (Å²) in [6.45, 7) is 5.06. The SMILES string of the molecule is Cc1cnc(C2CCOCC2)n1CCNC(=O)c1cccs1. The van der Waals surface area contributed by atoms with Crippen molar-refractivity contribution in [3.8, 4) is 0 Å². The topological polar surface area (TPSA) is 56.1 Å². The first-order chi connectivity index (χ1) is 10.8. The number of nitrogens with zero attached hydrogens (tertiary/aromatic N) is 2. The van der Waals surface area contributed by atoms with Gasteiger partial charge in [-0.05, 0) is 31.2 Å². The maximum Gasteiger partial charge on any atom is 0.261 e. The molecule has 0 radical (unpaired) electrons. The lowest BCUT2D eigenvalue weighted by atomic mass is 9.99. The van der Waals surface area contributed by atoms with E-state index in [-0.39, 0.29) is 5.91 Å². The van der Waals surface area contributed by atoms with Crippen molar-refractivity contribution in [2.75, 3.05) is 19.8 Å². The quantitative estimate of drug-likeness (QED) is 0.921. The molecule has 0 saturated carbocycles. The van der Waals surface area contributed by atoms with Crippen LogP contribution >= 0.6 is 11.3 Å². The van der Waals surface area contributed by atoms with Crippen molar-refractivity contribution in [3.05, 3.63) is 40.1 Å². The van der Waals surface area contributed by atoms with Gasteiger partial charge in [-0.1, -0.05) is 6.07 Å². The molecule has 1 N–H and O–H groups in total. The fourth-order valence-corrected chi connectivity index (χ4v) is 3.47. The third kappa shape index (κ3) is 3.39. The van der Waals surface area contributed by atoms with Crippen LogP contribution in [0.25, 0.3) is 0 Å². The van der Waals surface area contributed by atoms with Gasteiger partial charge in [-0.2, -0.15) is 0 Å². The highest BCUT2D eigenvalue weighted by Gasteiger charge is 2.21. The van der Waals surface area contributed by atoms with Crippen molar-refractivity contribution in [2.45, 2.75) is 32.2 Å². The van der Waals surface area contributed by atoms with E-state index in [0.29, 0.717) is 12.5 Å². The largest absolute Gasteiger partial charge is 0.381 e. The Morgan fingerprint density at radius 2 is 2.32 bits per heavy atom. The average Bonchev–Trinajstić information content (AvgIpc) is 3.19. The van der Waals surface area contributed by atoms with Crippen molar-refractivity contribution in [3.63, 3.8) is 0 Å². The van der Waals surface area contributed by atoms with Gasteiger partial charge in [0.2, 0.25) is 0 Å². The third-order valence-electron chi connectivity index (χ3n) is 4.04. The Bertz CT molecular complexity index is 615. The summed E-state index contributed by atoms with van der Waals surface area (Å²) in [5.74, 6) is 1.60. The summed E-state index contributed by atoms with van der Waals surface area (Å²) in [7, 11) is 0. The van der Waals surface area contributed by atoms with Gasteiger partial charge in [0.15, 0.2) is 0 Å². The monoisotopic (exact) mass is 319 g/mol. The van der Waals surface area contributed by atoms with Crippen LogP contribution < -0.4 is 5.32 Å². The van der Waals surface area contributed by atoms with Crippen molar-refractivity contribution >= 4 is 17.2 Å². The van der Waals surface area contributed by atoms with E-state index in [0.717, 1.165) is 49.0 Å². The first kappa shape index (κ1) is 15.2. The van der Waals surface area contributed by atoms with E-state index in [4.69, 9.17) is 4.74 Å². The molecule has 0 aliphatic carbocycles. The van der Waals surface area contributed by atoms with E-state index >= 15 is 0 Å². The third-order valence-corrected chi connectivity index (χ3v) is 4.91. The average molecular weight is 319 g/mol. The van der Waals surface area contributed by atoms with Crippen LogP contribution in [0.2, 0.25) is 0 Å². The summed E-state index contributed by atoms with van der Waals surface area (Å²) in [6.07, 6.45) is 3.97. The maximum absolute atomic E-state index is 12.0. The van der Waals surface area contributed by atoms with Gasteiger partial charge in [-0.15, -0.1) is 11.3 Å². The van der Waals surface area contributed by atoms with Gasteiger partial charge in [0, 0.05) is 44.1 Å². The molecule has 1 saturated heterocycles. The lowest BCUT2D eigenvalue weighted by Crippen LogP contribution is -2.28. The number of hydrogen-bond donors (Lipinski definition) is 1. The lowest BCUT2D eigenvalue weighted by Gasteiger charge is -2.23. The van der Waals surface area contributed by atoms with Crippen LogP contribution in [-0.4, -0.2) is 35.2 Å². The predicted octanol–water partition coefficient (Wildman–Crippen LogP) is 2.58. The van der Waals surface area contributed by atoms with Crippen LogP contribution in [-0.2, 0) is 11.3 Å². The van der Waals surface area contributed by atoms with Gasteiger partial charge in [-0.3, -0.25) is 4.79 Å². The molecule has 1 aliphatic rings. The van der Waals surface area contributed by atoms with Gasteiger partial charge in [0.25, 0.3) is 5.91 Å². The first-order valence-corrected chi connectivity index (χ1v) is 8.55. The maximum atomic E-state index is 12.0. The molecular formula is C16H21N3O2S. The lowest BCUT2D eigenvalue weighted by molar-refractivity contribution is 0.0827. The molecule has 1 amide bonds. The van der Waals surface area contributed by atoms with E-state index in [1.54, 1.807) is 0 Å². The van der Waals surface area contributed by atoms with Crippen LogP contribution in [0.15, 0.2) is 23.7 Å². The van der Waals surface area contributed by atoms with Crippen molar-refractivity contribution in [1.29, 1.82) is 0 Å². The second-order valence-corrected chi connectivity index (χ2v) is 6.48. The molecule has 118 valence electrons. The molecule has 0 atom stereocenters. The summed E-state index contributed by atoms with van der Waals surface area (Å²) < 4.78 is 7.66. The Hall–Kier alpha value is -1.66. The smallest absolute Gasteiger partial charge is 0.261 e. The Morgan fingerprint density at radius 1 is 1.50 bits per heavy atom. The molecule has 22 heavy (non-hydrogen) atoms. The molecule has 1 fully saturated rings. The van der Waals surface area contributed by atoms with Crippen LogP contribution in [0, 0.1) is 6.92 Å². The predicted molar refractivity (Wildman–Crippen MR) is 86.4 cm³/mol. The van der Waals surface area contributed by atoms with E-state index < -0.39 is 0 Å². The molecule has 1 aliphatic heterocycles. The van der Waals surface area contributed by atoms with E-state index in [2.05, 4.69) is 21.8 Å². The molecule has 0 spiro atoms. The zero-order valence-corrected chi connectivity index (χ0v) is 13.6. The number of rotatable bonds is 5. The van der Waals surface area contributed by atoms with Gasteiger partial charge in [-0.25, -0.2) is 4.98 Å². The van der Waals surface area contributed by atoms with Crippen LogP contribution in [0.1, 0.15) is 39.9 Å². The number of imidazole rings is 1. The number of thiophene rings is 1. The van der Waals surface area contributed by atoms with Gasteiger partial charge in [0.05, 0.1) is 4.88 Å². The van der Waals surface area contributed by atoms with Gasteiger partial charge >= 0.3 is 0 Å². The summed E-state index contributed by atoms with van der Waals surface area (Å²) in [5.41, 5.74) is 1.15. The van der Waals surface area contributed by atoms with E-state index in [1.165, 1.54) is 11.3 Å². The number of aromatic nitrogens is 2. The summed E-state index contributed by atoms with van der Waals surface area (Å²) in [5, 5.41) is 4.89. The minimum absolute atomic E-state index is 0.000356. The normalized spacial score (nSPS) is 15.9. The minimum Gasteiger partial charge on any atom is -0.381 e. The molecular weight excluding hydrogens is 298 g/mol. The fraction of sp³-hybridized carbons (Fsp3) is 0.500. The molecule has 0 aromatic carbocycles. The molecule has 3 rings (SSSR count). The molecule has 6 heteroatoms. The number of hydrogen-bond acceptors (Lipinski definition) is 4. The number of amides is 1. The standard InChI is InChI=1S/C16H21N3O2S/c1-12-11-18-15(13-4-8-21-9-5-13)19(12)7-6-17-16(20)14-3-2-10-22-14/h2-3,10-11,13H,4-9H2,1H3,(H,17,20). The van der Waals surface area contributed by atoms with Crippen molar-refractivity contribution in [1.82, 2.24) is 14.9 Å². The van der Waals surface area contributed by atoms with E-state index in [1.807, 2.05) is 23.7 Å². The highest BCUT2D eigenvalue weighted by Crippen LogP contribution is 2.26. The Labute approximate surface area is 134 Å². The summed E-state index contributed by atoms with van der Waals surface area (Å²) in [4.78, 5) is 17.3. The zero-order valence-electron chi connectivity index (χ0n) is 12.7. The molecule has 5 nitrogen and oxygen atoms in total. The summed E-state index contributed by atoms with van der Waals surface area (Å²) in [6, 6.07) is 3.73. The number of aryl methyl sites for hydroxylation is 1. The zero-order chi connectivity index (χ0) is 15.4. The highest BCUT2D eigenvalue weighted by atomic mass is 32.1. The Morgan fingerprint density at radius 3 is 3.05 bits per heavy atom. The Kier molecular flexibility index (Phi) is 4.90. The minimum atomic E-state index is 0.000356. The fourth-order valence-electron chi connectivity index (χ4n) is 2.83.